The van der Waals surface area contributed by atoms with Gasteiger partial charge in [-0.3, -0.25) is 0 Å². The fourth-order valence-electron chi connectivity index (χ4n) is 0.828. The summed E-state index contributed by atoms with van der Waals surface area (Å²) in [5.41, 5.74) is 0. The van der Waals surface area contributed by atoms with Crippen LogP contribution in [0, 0.1) is 0 Å². The average Bonchev–Trinajstić information content (AvgIpc) is 2.05. The Kier molecular flexibility index (Phi) is 7.26. The van der Waals surface area contributed by atoms with Gasteiger partial charge in [-0.15, -0.1) is 0 Å². The molecule has 0 heterocycles. The molecule has 0 aliphatic carbocycles. The van der Waals surface area contributed by atoms with Gasteiger partial charge in [-0.05, 0) is 19.4 Å². The Hall–Kier alpha value is -0.500. The molecule has 0 rings (SSSR count). The van der Waals surface area contributed by atoms with Crippen LogP contribution in [0.4, 0.5) is 0 Å². The molecule has 0 aromatic carbocycles. The van der Waals surface area contributed by atoms with E-state index >= 15 is 0 Å². The number of rotatable bonds is 6. The molecular weight excluding hydrogens is 140 g/mol. The van der Waals surface area contributed by atoms with Gasteiger partial charge in [0.05, 0.1) is 12.4 Å². The second kappa shape index (κ2) is 7.61. The van der Waals surface area contributed by atoms with Crippen molar-refractivity contribution >= 4 is 0 Å². The van der Waals surface area contributed by atoms with Gasteiger partial charge in [-0.25, -0.2) is 0 Å². The Bertz CT molecular complexity index is 98.1. The second-order valence-electron chi connectivity index (χ2n) is 2.43. The van der Waals surface area contributed by atoms with E-state index in [2.05, 4.69) is 6.92 Å². The largest absolute Gasteiger partial charge is 0.496 e. The quantitative estimate of drug-likeness (QED) is 0.600. The van der Waals surface area contributed by atoms with E-state index in [1.54, 1.807) is 0 Å². The molecular formula is C9H18O2. The van der Waals surface area contributed by atoms with Crippen molar-refractivity contribution in [3.63, 3.8) is 0 Å². The minimum Gasteiger partial charge on any atom is -0.496 e. The lowest BCUT2D eigenvalue weighted by Crippen LogP contribution is -1.99. The summed E-state index contributed by atoms with van der Waals surface area (Å²) in [5, 5.41) is 8.48. The van der Waals surface area contributed by atoms with Crippen molar-refractivity contribution in [2.45, 2.75) is 33.1 Å². The molecule has 0 aromatic heterocycles. The molecule has 0 aliphatic rings. The van der Waals surface area contributed by atoms with E-state index in [9.17, 15) is 0 Å². The van der Waals surface area contributed by atoms with Crippen molar-refractivity contribution in [2.24, 2.45) is 0 Å². The summed E-state index contributed by atoms with van der Waals surface area (Å²) in [6.45, 7) is 4.63. The molecule has 0 aromatic rings. The van der Waals surface area contributed by atoms with E-state index in [1.807, 2.05) is 13.0 Å². The van der Waals surface area contributed by atoms with E-state index in [-0.39, 0.29) is 6.61 Å². The molecule has 0 amide bonds. The molecule has 2 heteroatoms. The maximum atomic E-state index is 8.48. The lowest BCUT2D eigenvalue weighted by Gasteiger charge is -2.07. The number of aliphatic hydroxyl groups excluding tert-OH is 1. The van der Waals surface area contributed by atoms with Crippen LogP contribution >= 0.6 is 0 Å². The molecule has 0 saturated heterocycles. The van der Waals surface area contributed by atoms with Crippen molar-refractivity contribution in [2.75, 3.05) is 13.2 Å². The van der Waals surface area contributed by atoms with Gasteiger partial charge in [-0.1, -0.05) is 13.3 Å². The van der Waals surface area contributed by atoms with E-state index in [0.717, 1.165) is 18.6 Å². The van der Waals surface area contributed by atoms with Crippen LogP contribution in [0.5, 0.6) is 0 Å². The zero-order valence-electron chi connectivity index (χ0n) is 7.47. The monoisotopic (exact) mass is 158 g/mol. The number of hydrogen-bond acceptors (Lipinski definition) is 2. The van der Waals surface area contributed by atoms with Gasteiger partial charge in [0.2, 0.25) is 0 Å². The maximum absolute atomic E-state index is 8.48. The first-order chi connectivity index (χ1) is 5.35. The number of aliphatic hydroxyl groups is 1. The first-order valence-corrected chi connectivity index (χ1v) is 4.24. The number of hydrogen-bond donors (Lipinski definition) is 1. The van der Waals surface area contributed by atoms with Crippen LogP contribution in [0.3, 0.4) is 0 Å². The highest BCUT2D eigenvalue weighted by molar-refractivity contribution is 4.89. The van der Waals surface area contributed by atoms with Gasteiger partial charge >= 0.3 is 0 Å². The number of allylic oxidation sites excluding steroid dienone is 2. The van der Waals surface area contributed by atoms with Crippen LogP contribution < -0.4 is 0 Å². The van der Waals surface area contributed by atoms with E-state index in [4.69, 9.17) is 9.84 Å². The molecule has 0 spiro atoms. The lowest BCUT2D eigenvalue weighted by molar-refractivity contribution is 0.138. The van der Waals surface area contributed by atoms with Crippen molar-refractivity contribution in [1.82, 2.24) is 0 Å². The fraction of sp³-hybridized carbons (Fsp3) is 0.778. The molecule has 0 aliphatic heterocycles. The summed E-state index contributed by atoms with van der Waals surface area (Å²) in [5.74, 6) is 1.00. The summed E-state index contributed by atoms with van der Waals surface area (Å²) in [6.07, 6.45) is 5.29. The molecule has 0 fully saturated rings. The standard InChI is InChI=1S/C9H18O2/c1-3-5-6-9(4-2)11-8-7-10/h4,10H,3,5-8H2,1-2H3. The van der Waals surface area contributed by atoms with Crippen LogP contribution in [0.15, 0.2) is 11.8 Å². The zero-order chi connectivity index (χ0) is 8.53. The topological polar surface area (TPSA) is 29.5 Å². The van der Waals surface area contributed by atoms with Crippen LogP contribution in [0.2, 0.25) is 0 Å². The van der Waals surface area contributed by atoms with Crippen LogP contribution in [0.25, 0.3) is 0 Å². The minimum absolute atomic E-state index is 0.101. The van der Waals surface area contributed by atoms with Gasteiger partial charge in [0.1, 0.15) is 6.61 Å². The molecule has 11 heavy (non-hydrogen) atoms. The summed E-state index contributed by atoms with van der Waals surface area (Å²) in [6, 6.07) is 0. The Morgan fingerprint density at radius 1 is 1.55 bits per heavy atom. The molecule has 1 N–H and O–H groups in total. The highest BCUT2D eigenvalue weighted by atomic mass is 16.5. The molecule has 0 saturated carbocycles. The van der Waals surface area contributed by atoms with Crippen molar-refractivity contribution < 1.29 is 9.84 Å². The van der Waals surface area contributed by atoms with Crippen molar-refractivity contribution in [3.05, 3.63) is 11.8 Å². The minimum atomic E-state index is 0.101. The predicted molar refractivity (Wildman–Crippen MR) is 46.3 cm³/mol. The van der Waals surface area contributed by atoms with Crippen molar-refractivity contribution in [3.8, 4) is 0 Å². The van der Waals surface area contributed by atoms with Crippen molar-refractivity contribution in [1.29, 1.82) is 0 Å². The Labute approximate surface area is 68.9 Å². The van der Waals surface area contributed by atoms with E-state index in [1.165, 1.54) is 6.42 Å². The first-order valence-electron chi connectivity index (χ1n) is 4.24. The fourth-order valence-corrected chi connectivity index (χ4v) is 0.828. The number of ether oxygens (including phenoxy) is 1. The lowest BCUT2D eigenvalue weighted by atomic mass is 10.2. The first kappa shape index (κ1) is 10.5. The molecule has 0 bridgehead atoms. The smallest absolute Gasteiger partial charge is 0.111 e. The summed E-state index contributed by atoms with van der Waals surface area (Å²) in [4.78, 5) is 0. The summed E-state index contributed by atoms with van der Waals surface area (Å²) in [7, 11) is 0. The third-order valence-corrected chi connectivity index (χ3v) is 1.48. The second-order valence-corrected chi connectivity index (χ2v) is 2.43. The predicted octanol–water partition coefficient (Wildman–Crippen LogP) is 2.09. The van der Waals surface area contributed by atoms with Gasteiger partial charge < -0.3 is 9.84 Å². The maximum Gasteiger partial charge on any atom is 0.111 e. The highest BCUT2D eigenvalue weighted by Crippen LogP contribution is 2.07. The Balaban J connectivity index is 3.43. The molecule has 0 unspecified atom stereocenters. The third kappa shape index (κ3) is 5.92. The van der Waals surface area contributed by atoms with E-state index < -0.39 is 0 Å². The van der Waals surface area contributed by atoms with Crippen LogP contribution in [-0.4, -0.2) is 18.3 Å². The van der Waals surface area contributed by atoms with Gasteiger partial charge in [0.25, 0.3) is 0 Å². The summed E-state index contributed by atoms with van der Waals surface area (Å²) < 4.78 is 5.25. The van der Waals surface area contributed by atoms with Crippen LogP contribution in [-0.2, 0) is 4.74 Å². The average molecular weight is 158 g/mol. The third-order valence-electron chi connectivity index (χ3n) is 1.48. The van der Waals surface area contributed by atoms with Gasteiger partial charge in [-0.2, -0.15) is 0 Å². The molecule has 2 nitrogen and oxygen atoms in total. The highest BCUT2D eigenvalue weighted by Gasteiger charge is 1.94. The van der Waals surface area contributed by atoms with Crippen LogP contribution in [0.1, 0.15) is 33.1 Å². The summed E-state index contributed by atoms with van der Waals surface area (Å²) >= 11 is 0. The normalized spacial score (nSPS) is 11.7. The van der Waals surface area contributed by atoms with Gasteiger partial charge in [0, 0.05) is 6.42 Å². The zero-order valence-corrected chi connectivity index (χ0v) is 7.47. The SMILES string of the molecule is CC=C(CCCC)OCCO. The molecule has 0 atom stereocenters. The Morgan fingerprint density at radius 3 is 2.73 bits per heavy atom. The molecule has 66 valence electrons. The number of unbranched alkanes of at least 4 members (excludes halogenated alkanes) is 1. The molecule has 0 radical (unpaired) electrons. The Morgan fingerprint density at radius 2 is 2.27 bits per heavy atom. The van der Waals surface area contributed by atoms with Gasteiger partial charge in [0.15, 0.2) is 0 Å². The van der Waals surface area contributed by atoms with E-state index in [0.29, 0.717) is 6.61 Å².